The van der Waals surface area contributed by atoms with Crippen LogP contribution in [0.3, 0.4) is 0 Å². The number of hydrogen-bond acceptors (Lipinski definition) is 4. The molecule has 0 aliphatic rings. The predicted molar refractivity (Wildman–Crippen MR) is 101 cm³/mol. The minimum Gasteiger partial charge on any atom is -0.437 e. The minimum atomic E-state index is -2.23. The molecule has 0 spiro atoms. The highest BCUT2D eigenvalue weighted by molar-refractivity contribution is 6.86. The number of unbranched alkanes of at least 4 members (excludes halogenated alkanes) is 1. The predicted octanol–water partition coefficient (Wildman–Crippen LogP) is 3.44. The standard InChI is InChI=1S/C13H36O4Si4/c1-18(2)13-15-20(6,7)17-21(8,12-10-9-11-14)16-19(3,4)5/h14,18H,9-13H2,1-8H3. The molecule has 8 heteroatoms. The van der Waals surface area contributed by atoms with Gasteiger partial charge in [-0.3, -0.25) is 0 Å². The van der Waals surface area contributed by atoms with Crippen LogP contribution >= 0.6 is 0 Å². The molecule has 0 aromatic heterocycles. The van der Waals surface area contributed by atoms with Gasteiger partial charge in [-0.05, 0) is 58.2 Å². The quantitative estimate of drug-likeness (QED) is 0.448. The Hall–Kier alpha value is 0.708. The molecular formula is C13H36O4Si4. The largest absolute Gasteiger partial charge is 0.437 e. The van der Waals surface area contributed by atoms with Gasteiger partial charge in [0.15, 0.2) is 8.32 Å². The molecule has 0 saturated heterocycles. The van der Waals surface area contributed by atoms with Gasteiger partial charge in [-0.1, -0.05) is 13.1 Å². The first-order chi connectivity index (χ1) is 9.39. The Balaban J connectivity index is 4.78. The van der Waals surface area contributed by atoms with Gasteiger partial charge < -0.3 is 17.8 Å². The summed E-state index contributed by atoms with van der Waals surface area (Å²) in [4.78, 5) is 0. The van der Waals surface area contributed by atoms with Gasteiger partial charge in [0.25, 0.3) is 0 Å². The summed E-state index contributed by atoms with van der Waals surface area (Å²) in [6.45, 7) is 17.9. The number of hydrogen-bond donors (Lipinski definition) is 1. The molecule has 1 atom stereocenters. The van der Waals surface area contributed by atoms with E-state index in [9.17, 15) is 0 Å². The Bertz CT molecular complexity index is 294. The van der Waals surface area contributed by atoms with E-state index in [2.05, 4.69) is 52.4 Å². The molecule has 0 amide bonds. The van der Waals surface area contributed by atoms with Gasteiger partial charge in [0.05, 0.1) is 8.80 Å². The summed E-state index contributed by atoms with van der Waals surface area (Å²) in [5.74, 6) is 0. The molecular weight excluding hydrogens is 332 g/mol. The van der Waals surface area contributed by atoms with Crippen LogP contribution in [-0.2, 0) is 12.7 Å². The van der Waals surface area contributed by atoms with E-state index in [0.717, 1.165) is 25.1 Å². The zero-order valence-corrected chi connectivity index (χ0v) is 19.4. The van der Waals surface area contributed by atoms with Crippen molar-refractivity contribution >= 4 is 34.2 Å². The van der Waals surface area contributed by atoms with Gasteiger partial charge >= 0.3 is 17.1 Å². The summed E-state index contributed by atoms with van der Waals surface area (Å²) in [6, 6.07) is 0.941. The maximum absolute atomic E-state index is 9.00. The first kappa shape index (κ1) is 21.7. The summed E-state index contributed by atoms with van der Waals surface area (Å²) in [6.07, 6.45) is 2.67. The smallest absolute Gasteiger partial charge is 0.322 e. The molecule has 0 fully saturated rings. The van der Waals surface area contributed by atoms with E-state index in [1.54, 1.807) is 0 Å². The third kappa shape index (κ3) is 11.9. The fraction of sp³-hybridized carbons (Fsp3) is 1.00. The van der Waals surface area contributed by atoms with Crippen molar-refractivity contribution in [2.45, 2.75) is 71.3 Å². The molecule has 0 saturated carbocycles. The average molecular weight is 369 g/mol. The second-order valence-electron chi connectivity index (χ2n) is 7.74. The Kier molecular flexibility index (Phi) is 9.42. The molecule has 128 valence electrons. The molecule has 1 N–H and O–H groups in total. The van der Waals surface area contributed by atoms with Crippen molar-refractivity contribution in [2.24, 2.45) is 0 Å². The van der Waals surface area contributed by atoms with Crippen molar-refractivity contribution in [1.82, 2.24) is 0 Å². The zero-order chi connectivity index (χ0) is 16.7. The lowest BCUT2D eigenvalue weighted by atomic mass is 10.4. The monoisotopic (exact) mass is 368 g/mol. The molecule has 0 heterocycles. The Labute approximate surface area is 136 Å². The van der Waals surface area contributed by atoms with E-state index in [-0.39, 0.29) is 6.61 Å². The molecule has 0 rings (SSSR count). The fourth-order valence-corrected chi connectivity index (χ4v) is 17.0. The summed E-state index contributed by atoms with van der Waals surface area (Å²) in [7, 11) is -6.73. The highest BCUT2D eigenvalue weighted by Gasteiger charge is 2.42. The summed E-state index contributed by atoms with van der Waals surface area (Å²) in [5, 5.41) is 9.00. The molecule has 0 aliphatic carbocycles. The lowest BCUT2D eigenvalue weighted by Gasteiger charge is -2.39. The van der Waals surface area contributed by atoms with Crippen LogP contribution in [0.4, 0.5) is 0 Å². The molecule has 0 radical (unpaired) electrons. The van der Waals surface area contributed by atoms with Crippen LogP contribution in [-0.4, -0.2) is 52.2 Å². The topological polar surface area (TPSA) is 47.9 Å². The first-order valence-corrected chi connectivity index (χ1v) is 19.9. The number of aliphatic hydroxyl groups is 1. The fourth-order valence-electron chi connectivity index (χ4n) is 2.25. The molecule has 21 heavy (non-hydrogen) atoms. The Morgan fingerprint density at radius 1 is 0.905 bits per heavy atom. The second-order valence-corrected chi connectivity index (χ2v) is 22.6. The van der Waals surface area contributed by atoms with Crippen LogP contribution in [0.5, 0.6) is 0 Å². The molecule has 0 aromatic rings. The zero-order valence-electron chi connectivity index (χ0n) is 15.3. The van der Waals surface area contributed by atoms with Crippen molar-refractivity contribution in [1.29, 1.82) is 0 Å². The number of aliphatic hydroxyl groups excluding tert-OH is 1. The van der Waals surface area contributed by atoms with Gasteiger partial charge in [0, 0.05) is 12.8 Å². The lowest BCUT2D eigenvalue weighted by molar-refractivity contribution is 0.257. The van der Waals surface area contributed by atoms with E-state index in [1.807, 2.05) is 0 Å². The highest BCUT2D eigenvalue weighted by atomic mass is 28.5. The van der Waals surface area contributed by atoms with Crippen LogP contribution < -0.4 is 0 Å². The van der Waals surface area contributed by atoms with Crippen LogP contribution in [0.1, 0.15) is 12.8 Å². The van der Waals surface area contributed by atoms with Crippen LogP contribution in [0.15, 0.2) is 0 Å². The van der Waals surface area contributed by atoms with Gasteiger partial charge in [-0.25, -0.2) is 0 Å². The summed E-state index contributed by atoms with van der Waals surface area (Å²) >= 11 is 0. The molecule has 1 unspecified atom stereocenters. The van der Waals surface area contributed by atoms with Crippen molar-refractivity contribution in [3.63, 3.8) is 0 Å². The van der Waals surface area contributed by atoms with Crippen molar-refractivity contribution < 1.29 is 17.8 Å². The van der Waals surface area contributed by atoms with Crippen molar-refractivity contribution in [3.05, 3.63) is 0 Å². The van der Waals surface area contributed by atoms with E-state index < -0.39 is 34.2 Å². The van der Waals surface area contributed by atoms with Crippen molar-refractivity contribution in [2.75, 3.05) is 12.8 Å². The second kappa shape index (κ2) is 9.11. The van der Waals surface area contributed by atoms with Crippen LogP contribution in [0, 0.1) is 0 Å². The summed E-state index contributed by atoms with van der Waals surface area (Å²) in [5.41, 5.74) is 0. The van der Waals surface area contributed by atoms with E-state index >= 15 is 0 Å². The minimum absolute atomic E-state index is 0.244. The average Bonchev–Trinajstić information content (AvgIpc) is 2.23. The van der Waals surface area contributed by atoms with Gasteiger partial charge in [0.1, 0.15) is 0 Å². The van der Waals surface area contributed by atoms with Gasteiger partial charge in [-0.2, -0.15) is 0 Å². The van der Waals surface area contributed by atoms with Gasteiger partial charge in [0.2, 0.25) is 0 Å². The van der Waals surface area contributed by atoms with E-state index in [4.69, 9.17) is 17.8 Å². The normalized spacial score (nSPS) is 16.3. The van der Waals surface area contributed by atoms with Crippen molar-refractivity contribution in [3.8, 4) is 0 Å². The van der Waals surface area contributed by atoms with Crippen LogP contribution in [0.2, 0.25) is 58.4 Å². The first-order valence-electron chi connectivity index (χ1n) is 8.04. The number of rotatable bonds is 11. The third-order valence-electron chi connectivity index (χ3n) is 2.79. The molecule has 0 aliphatic heterocycles. The van der Waals surface area contributed by atoms with Gasteiger partial charge in [-0.15, -0.1) is 0 Å². The maximum atomic E-state index is 9.00. The van der Waals surface area contributed by atoms with E-state index in [0.29, 0.717) is 0 Å². The highest BCUT2D eigenvalue weighted by Crippen LogP contribution is 2.26. The Morgan fingerprint density at radius 2 is 1.48 bits per heavy atom. The maximum Gasteiger partial charge on any atom is 0.322 e. The van der Waals surface area contributed by atoms with E-state index in [1.165, 1.54) is 0 Å². The third-order valence-corrected chi connectivity index (χ3v) is 13.9. The SMILES string of the molecule is C[SiH](C)CO[Si](C)(C)O[Si](C)(CCCCO)O[Si](C)(C)C. The molecule has 0 aromatic carbocycles. The molecule has 4 nitrogen and oxygen atoms in total. The Morgan fingerprint density at radius 3 is 1.90 bits per heavy atom. The summed E-state index contributed by atoms with van der Waals surface area (Å²) < 4.78 is 19.1. The van der Waals surface area contributed by atoms with Crippen LogP contribution in [0.25, 0.3) is 0 Å². The lowest BCUT2D eigenvalue weighted by Crippen LogP contribution is -2.54. The molecule has 0 bridgehead atoms.